The summed E-state index contributed by atoms with van der Waals surface area (Å²) in [6.45, 7) is 3.19. The highest BCUT2D eigenvalue weighted by Crippen LogP contribution is 2.33. The molecule has 2 N–H and O–H groups in total. The molecule has 1 aromatic carbocycles. The Labute approximate surface area is 119 Å². The second-order valence-corrected chi connectivity index (χ2v) is 4.96. The largest absolute Gasteiger partial charge is 0.480 e. The maximum absolute atomic E-state index is 13.3. The third kappa shape index (κ3) is 3.36. The normalized spacial score (nSPS) is 13.6. The van der Waals surface area contributed by atoms with Crippen LogP contribution in [-0.4, -0.2) is 21.5 Å². The van der Waals surface area contributed by atoms with Gasteiger partial charge in [-0.3, -0.25) is 10.1 Å². The molecule has 20 heavy (non-hydrogen) atoms. The first-order chi connectivity index (χ1) is 9.21. The lowest BCUT2D eigenvalue weighted by molar-refractivity contribution is -0.384. The Morgan fingerprint density at radius 3 is 2.65 bits per heavy atom. The predicted octanol–water partition coefficient (Wildman–Crippen LogP) is 3.44. The predicted molar refractivity (Wildman–Crippen MR) is 72.6 cm³/mol. The van der Waals surface area contributed by atoms with Crippen LogP contribution in [0.3, 0.4) is 0 Å². The summed E-state index contributed by atoms with van der Waals surface area (Å²) in [5.74, 6) is -2.09. The molecule has 0 saturated heterocycles. The van der Waals surface area contributed by atoms with Gasteiger partial charge in [0, 0.05) is 0 Å². The van der Waals surface area contributed by atoms with Crippen molar-refractivity contribution in [3.63, 3.8) is 0 Å². The topological polar surface area (TPSA) is 92.5 Å². The Balaban J connectivity index is 3.28. The maximum atomic E-state index is 13.3. The van der Waals surface area contributed by atoms with Crippen LogP contribution in [0.25, 0.3) is 0 Å². The van der Waals surface area contributed by atoms with E-state index in [1.54, 1.807) is 6.92 Å². The van der Waals surface area contributed by atoms with Crippen LogP contribution in [-0.2, 0) is 4.79 Å². The first-order valence-electron chi connectivity index (χ1n) is 5.86. The van der Waals surface area contributed by atoms with Gasteiger partial charge in [-0.15, -0.1) is 0 Å². The minimum absolute atomic E-state index is 0.125. The fraction of sp³-hybridized carbons (Fsp3) is 0.417. The molecule has 1 rings (SSSR count). The number of carbonyl (C=O) groups is 1. The minimum atomic E-state index is -1.40. The molecule has 0 aliphatic heterocycles. The average molecular weight is 305 g/mol. The molecular weight excluding hydrogens is 291 g/mol. The zero-order chi connectivity index (χ0) is 15.5. The van der Waals surface area contributed by atoms with Crippen molar-refractivity contribution in [1.29, 1.82) is 0 Å². The average Bonchev–Trinajstić information content (AvgIpc) is 2.33. The van der Waals surface area contributed by atoms with Gasteiger partial charge in [0.05, 0.1) is 16.0 Å². The lowest BCUT2D eigenvalue weighted by atomic mass is 9.95. The van der Waals surface area contributed by atoms with E-state index in [9.17, 15) is 24.4 Å². The summed E-state index contributed by atoms with van der Waals surface area (Å²) in [5, 5.41) is 22.4. The fourth-order valence-corrected chi connectivity index (χ4v) is 1.97. The monoisotopic (exact) mass is 304 g/mol. The van der Waals surface area contributed by atoms with Crippen LogP contribution < -0.4 is 5.32 Å². The van der Waals surface area contributed by atoms with E-state index in [1.165, 1.54) is 6.92 Å². The lowest BCUT2D eigenvalue weighted by Crippen LogP contribution is -2.43. The number of nitrogens with one attached hydrogen (secondary N) is 1. The second kappa shape index (κ2) is 6.04. The number of nitro benzene ring substituents is 1. The van der Waals surface area contributed by atoms with Gasteiger partial charge in [0.2, 0.25) is 0 Å². The summed E-state index contributed by atoms with van der Waals surface area (Å²) < 4.78 is 13.3. The first kappa shape index (κ1) is 16.2. The van der Waals surface area contributed by atoms with E-state index in [0.29, 0.717) is 12.5 Å². The molecule has 0 fully saturated rings. The highest BCUT2D eigenvalue weighted by atomic mass is 35.5. The van der Waals surface area contributed by atoms with Crippen molar-refractivity contribution in [3.8, 4) is 0 Å². The number of benzene rings is 1. The Hall–Kier alpha value is -1.89. The number of hydrogen-bond donors (Lipinski definition) is 2. The van der Waals surface area contributed by atoms with Crippen LogP contribution in [0.1, 0.15) is 26.7 Å². The first-order valence-corrected chi connectivity index (χ1v) is 6.24. The lowest BCUT2D eigenvalue weighted by Gasteiger charge is -2.26. The Kier molecular flexibility index (Phi) is 4.88. The van der Waals surface area contributed by atoms with Crippen molar-refractivity contribution < 1.29 is 19.2 Å². The molecule has 0 aliphatic carbocycles. The van der Waals surface area contributed by atoms with Crippen LogP contribution in [0.5, 0.6) is 0 Å². The number of nitro groups is 1. The van der Waals surface area contributed by atoms with E-state index >= 15 is 0 Å². The summed E-state index contributed by atoms with van der Waals surface area (Å²) in [5.41, 5.74) is -2.09. The molecule has 0 bridgehead atoms. The molecule has 8 heteroatoms. The molecule has 6 nitrogen and oxygen atoms in total. The number of aliphatic carboxylic acids is 1. The number of carboxylic acid groups (broad SMARTS) is 1. The molecule has 0 saturated carbocycles. The molecule has 0 spiro atoms. The van der Waals surface area contributed by atoms with Crippen LogP contribution >= 0.6 is 11.6 Å². The van der Waals surface area contributed by atoms with Gasteiger partial charge in [-0.1, -0.05) is 24.9 Å². The number of nitrogens with zero attached hydrogens (tertiary/aromatic N) is 1. The summed E-state index contributed by atoms with van der Waals surface area (Å²) in [4.78, 5) is 21.4. The number of halogens is 2. The van der Waals surface area contributed by atoms with Gasteiger partial charge >= 0.3 is 5.97 Å². The number of anilines is 1. The summed E-state index contributed by atoms with van der Waals surface area (Å²) in [6.07, 6.45) is 0.799. The number of hydrogen-bond acceptors (Lipinski definition) is 4. The standard InChI is InChI=1S/C12H14ClFN2O4/c1-3-4-12(2,11(17)18)15-9-5-7(13)8(14)6-10(9)16(19)20/h5-6,15H,3-4H2,1-2H3,(H,17,18). The Bertz CT molecular complexity index is 553. The molecular formula is C12H14ClFN2O4. The number of carboxylic acids is 1. The van der Waals surface area contributed by atoms with Gasteiger partial charge in [-0.2, -0.15) is 0 Å². The Morgan fingerprint density at radius 1 is 1.60 bits per heavy atom. The molecule has 0 aromatic heterocycles. The zero-order valence-electron chi connectivity index (χ0n) is 10.9. The van der Waals surface area contributed by atoms with Crippen molar-refractivity contribution in [1.82, 2.24) is 0 Å². The molecule has 0 radical (unpaired) electrons. The van der Waals surface area contributed by atoms with Gasteiger partial charge in [0.15, 0.2) is 0 Å². The van der Waals surface area contributed by atoms with Crippen LogP contribution in [0.2, 0.25) is 5.02 Å². The van der Waals surface area contributed by atoms with Crippen molar-refractivity contribution >= 4 is 28.9 Å². The SMILES string of the molecule is CCCC(C)(Nc1cc(Cl)c(F)cc1[N+](=O)[O-])C(=O)O. The zero-order valence-corrected chi connectivity index (χ0v) is 11.7. The molecule has 0 amide bonds. The second-order valence-electron chi connectivity index (χ2n) is 4.55. The summed E-state index contributed by atoms with van der Waals surface area (Å²) in [7, 11) is 0. The molecule has 1 atom stereocenters. The van der Waals surface area contributed by atoms with Crippen LogP contribution in [0.4, 0.5) is 15.8 Å². The molecule has 0 aliphatic rings. The van der Waals surface area contributed by atoms with E-state index in [4.69, 9.17) is 11.6 Å². The van der Waals surface area contributed by atoms with E-state index in [0.717, 1.165) is 6.07 Å². The highest BCUT2D eigenvalue weighted by molar-refractivity contribution is 6.31. The van der Waals surface area contributed by atoms with Gasteiger partial charge in [0.25, 0.3) is 5.69 Å². The number of rotatable bonds is 6. The quantitative estimate of drug-likeness (QED) is 0.620. The Morgan fingerprint density at radius 2 is 2.20 bits per heavy atom. The van der Waals surface area contributed by atoms with Gasteiger partial charge in [0.1, 0.15) is 17.0 Å². The minimum Gasteiger partial charge on any atom is -0.480 e. The van der Waals surface area contributed by atoms with Crippen LogP contribution in [0.15, 0.2) is 12.1 Å². The fourth-order valence-electron chi connectivity index (χ4n) is 1.81. The van der Waals surface area contributed by atoms with Crippen LogP contribution in [0, 0.1) is 15.9 Å². The van der Waals surface area contributed by atoms with Gasteiger partial charge in [-0.05, 0) is 19.4 Å². The molecule has 0 heterocycles. The van der Waals surface area contributed by atoms with E-state index in [-0.39, 0.29) is 17.1 Å². The van der Waals surface area contributed by atoms with E-state index in [1.807, 2.05) is 0 Å². The smallest absolute Gasteiger partial charge is 0.329 e. The van der Waals surface area contributed by atoms with Crippen molar-refractivity contribution in [2.24, 2.45) is 0 Å². The van der Waals surface area contributed by atoms with Crippen molar-refractivity contribution in [2.45, 2.75) is 32.2 Å². The maximum Gasteiger partial charge on any atom is 0.329 e. The third-order valence-corrected chi connectivity index (χ3v) is 3.16. The molecule has 110 valence electrons. The molecule has 1 unspecified atom stereocenters. The van der Waals surface area contributed by atoms with Gasteiger partial charge in [-0.25, -0.2) is 9.18 Å². The summed E-state index contributed by atoms with van der Waals surface area (Å²) >= 11 is 5.59. The molecule has 1 aromatic rings. The van der Waals surface area contributed by atoms with Crippen molar-refractivity contribution in [2.75, 3.05) is 5.32 Å². The van der Waals surface area contributed by atoms with Crippen molar-refractivity contribution in [3.05, 3.63) is 33.1 Å². The third-order valence-electron chi connectivity index (χ3n) is 2.87. The van der Waals surface area contributed by atoms with Gasteiger partial charge < -0.3 is 10.4 Å². The van der Waals surface area contributed by atoms with E-state index < -0.39 is 27.9 Å². The highest BCUT2D eigenvalue weighted by Gasteiger charge is 2.34. The summed E-state index contributed by atoms with van der Waals surface area (Å²) in [6, 6.07) is 1.69. The van der Waals surface area contributed by atoms with E-state index in [2.05, 4.69) is 5.32 Å².